The van der Waals surface area contributed by atoms with Crippen LogP contribution in [0.25, 0.3) is 0 Å². The minimum absolute atomic E-state index is 0.378. The van der Waals surface area contributed by atoms with Crippen LogP contribution in [0.3, 0.4) is 0 Å². The van der Waals surface area contributed by atoms with Crippen molar-refractivity contribution >= 4 is 23.2 Å². The lowest BCUT2D eigenvalue weighted by atomic mass is 10.2. The molecule has 1 aromatic heterocycles. The fraction of sp³-hybridized carbons (Fsp3) is 0.200. The zero-order valence-corrected chi connectivity index (χ0v) is 11.8. The van der Waals surface area contributed by atoms with Gasteiger partial charge in [-0.1, -0.05) is 12.1 Å². The Morgan fingerprint density at radius 2 is 2.00 bits per heavy atom. The van der Waals surface area contributed by atoms with E-state index >= 15 is 0 Å². The van der Waals surface area contributed by atoms with Crippen molar-refractivity contribution < 1.29 is 9.53 Å². The molecule has 1 N–H and O–H groups in total. The average molecular weight is 271 g/mol. The molecule has 20 heavy (non-hydrogen) atoms. The molecule has 104 valence electrons. The van der Waals surface area contributed by atoms with E-state index in [1.807, 2.05) is 43.3 Å². The zero-order valence-electron chi connectivity index (χ0n) is 11.8. The van der Waals surface area contributed by atoms with E-state index in [4.69, 9.17) is 4.74 Å². The number of ether oxygens (including phenoxy) is 1. The molecule has 0 saturated heterocycles. The van der Waals surface area contributed by atoms with Gasteiger partial charge < -0.3 is 15.0 Å². The van der Waals surface area contributed by atoms with Gasteiger partial charge in [0.05, 0.1) is 24.0 Å². The maximum Gasteiger partial charge on any atom is 0.338 e. The lowest BCUT2D eigenvalue weighted by Gasteiger charge is -2.18. The molecule has 0 unspecified atom stereocenters. The Hall–Kier alpha value is -2.56. The number of nitrogens with zero attached hydrogens (tertiary/aromatic N) is 2. The summed E-state index contributed by atoms with van der Waals surface area (Å²) in [5.74, 6) is 0.221. The molecule has 0 fully saturated rings. The summed E-state index contributed by atoms with van der Waals surface area (Å²) in [6.45, 7) is 0. The molecular weight excluding hydrogens is 254 g/mol. The summed E-state index contributed by atoms with van der Waals surface area (Å²) in [5.41, 5.74) is 2.43. The number of esters is 1. The van der Waals surface area contributed by atoms with Crippen LogP contribution in [0.2, 0.25) is 0 Å². The minimum atomic E-state index is -0.378. The van der Waals surface area contributed by atoms with Gasteiger partial charge in [-0.25, -0.2) is 9.78 Å². The zero-order chi connectivity index (χ0) is 14.5. The summed E-state index contributed by atoms with van der Waals surface area (Å²) in [6.07, 6.45) is 1.58. The van der Waals surface area contributed by atoms with Crippen molar-refractivity contribution in [2.24, 2.45) is 0 Å². The lowest BCUT2D eigenvalue weighted by molar-refractivity contribution is 0.0600. The highest BCUT2D eigenvalue weighted by atomic mass is 16.5. The number of benzene rings is 1. The van der Waals surface area contributed by atoms with E-state index in [9.17, 15) is 4.79 Å². The monoisotopic (exact) mass is 271 g/mol. The molecule has 0 aliphatic rings. The van der Waals surface area contributed by atoms with Crippen LogP contribution in [-0.4, -0.2) is 32.2 Å². The fourth-order valence-electron chi connectivity index (χ4n) is 1.85. The molecule has 0 saturated carbocycles. The molecule has 0 aliphatic carbocycles. The number of methoxy groups -OCH3 is 1. The summed E-state index contributed by atoms with van der Waals surface area (Å²) >= 11 is 0. The molecule has 0 radical (unpaired) electrons. The number of carbonyl (C=O) groups is 1. The smallest absolute Gasteiger partial charge is 0.338 e. The normalized spacial score (nSPS) is 9.95. The first-order chi connectivity index (χ1) is 9.61. The van der Waals surface area contributed by atoms with E-state index in [0.717, 1.165) is 11.4 Å². The Balaban J connectivity index is 2.29. The first-order valence-corrected chi connectivity index (χ1v) is 6.19. The number of carbonyl (C=O) groups excluding carboxylic acids is 1. The Bertz CT molecular complexity index is 612. The SMILES string of the molecule is COC(=O)c1ccnc(Nc2ccccc2N(C)C)c1. The molecule has 0 atom stereocenters. The predicted octanol–water partition coefficient (Wildman–Crippen LogP) is 2.68. The van der Waals surface area contributed by atoms with Crippen LogP contribution >= 0.6 is 0 Å². The number of pyridine rings is 1. The maximum absolute atomic E-state index is 11.5. The molecule has 2 aromatic rings. The van der Waals surface area contributed by atoms with Crippen LogP contribution in [0.1, 0.15) is 10.4 Å². The van der Waals surface area contributed by atoms with Crippen molar-refractivity contribution in [3.8, 4) is 0 Å². The van der Waals surface area contributed by atoms with Gasteiger partial charge in [-0.3, -0.25) is 0 Å². The lowest BCUT2D eigenvalue weighted by Crippen LogP contribution is -2.11. The average Bonchev–Trinajstić information content (AvgIpc) is 2.47. The van der Waals surface area contributed by atoms with Gasteiger partial charge in [0.2, 0.25) is 0 Å². The number of rotatable bonds is 4. The van der Waals surface area contributed by atoms with Gasteiger partial charge in [0.15, 0.2) is 0 Å². The number of hydrogen-bond acceptors (Lipinski definition) is 5. The quantitative estimate of drug-likeness (QED) is 0.866. The Morgan fingerprint density at radius 3 is 2.70 bits per heavy atom. The highest BCUT2D eigenvalue weighted by molar-refractivity contribution is 5.90. The van der Waals surface area contributed by atoms with Crippen molar-refractivity contribution in [1.82, 2.24) is 4.98 Å². The van der Waals surface area contributed by atoms with Gasteiger partial charge in [0.25, 0.3) is 0 Å². The van der Waals surface area contributed by atoms with Crippen molar-refractivity contribution in [1.29, 1.82) is 0 Å². The molecule has 0 spiro atoms. The van der Waals surface area contributed by atoms with E-state index in [1.165, 1.54) is 7.11 Å². The third-order valence-electron chi connectivity index (χ3n) is 2.83. The molecule has 0 aliphatic heterocycles. The number of hydrogen-bond donors (Lipinski definition) is 1. The van der Waals surface area contributed by atoms with Gasteiger partial charge in [-0.2, -0.15) is 0 Å². The molecule has 0 amide bonds. The van der Waals surface area contributed by atoms with Crippen LogP contribution in [0.15, 0.2) is 42.6 Å². The first kappa shape index (κ1) is 13.9. The van der Waals surface area contributed by atoms with Gasteiger partial charge in [-0.15, -0.1) is 0 Å². The molecule has 5 heteroatoms. The molecular formula is C15H17N3O2. The standard InChI is InChI=1S/C15H17N3O2/c1-18(2)13-7-5-4-6-12(13)17-14-10-11(8-9-16-14)15(19)20-3/h4-10H,1-3H3,(H,16,17). The minimum Gasteiger partial charge on any atom is -0.465 e. The topological polar surface area (TPSA) is 54.5 Å². The van der Waals surface area contributed by atoms with E-state index in [1.54, 1.807) is 18.3 Å². The van der Waals surface area contributed by atoms with Crippen LogP contribution in [0.4, 0.5) is 17.2 Å². The van der Waals surface area contributed by atoms with Gasteiger partial charge >= 0.3 is 5.97 Å². The summed E-state index contributed by atoms with van der Waals surface area (Å²) in [4.78, 5) is 17.7. The van der Waals surface area contributed by atoms with E-state index in [0.29, 0.717) is 11.4 Å². The van der Waals surface area contributed by atoms with Crippen LogP contribution in [-0.2, 0) is 4.74 Å². The van der Waals surface area contributed by atoms with Crippen LogP contribution in [0, 0.1) is 0 Å². The van der Waals surface area contributed by atoms with Crippen molar-refractivity contribution in [3.63, 3.8) is 0 Å². The van der Waals surface area contributed by atoms with Gasteiger partial charge in [-0.05, 0) is 24.3 Å². The molecule has 1 aromatic carbocycles. The van der Waals surface area contributed by atoms with Crippen molar-refractivity contribution in [3.05, 3.63) is 48.2 Å². The third kappa shape index (κ3) is 3.06. The van der Waals surface area contributed by atoms with Crippen molar-refractivity contribution in [2.75, 3.05) is 31.4 Å². The van der Waals surface area contributed by atoms with E-state index in [2.05, 4.69) is 10.3 Å². The maximum atomic E-state index is 11.5. The van der Waals surface area contributed by atoms with Crippen LogP contribution < -0.4 is 10.2 Å². The third-order valence-corrected chi connectivity index (χ3v) is 2.83. The summed E-state index contributed by atoms with van der Waals surface area (Å²) in [5, 5.41) is 3.21. The Kier molecular flexibility index (Phi) is 4.20. The van der Waals surface area contributed by atoms with E-state index in [-0.39, 0.29) is 5.97 Å². The molecule has 1 heterocycles. The Morgan fingerprint density at radius 1 is 1.25 bits per heavy atom. The van der Waals surface area contributed by atoms with Gasteiger partial charge in [0.1, 0.15) is 5.82 Å². The Labute approximate surface area is 118 Å². The van der Waals surface area contributed by atoms with Crippen LogP contribution in [0.5, 0.6) is 0 Å². The number of aromatic nitrogens is 1. The summed E-state index contributed by atoms with van der Waals surface area (Å²) in [7, 11) is 5.30. The van der Waals surface area contributed by atoms with Crippen molar-refractivity contribution in [2.45, 2.75) is 0 Å². The second-order valence-corrected chi connectivity index (χ2v) is 4.46. The first-order valence-electron chi connectivity index (χ1n) is 6.19. The predicted molar refractivity (Wildman–Crippen MR) is 79.6 cm³/mol. The number of nitrogens with one attached hydrogen (secondary N) is 1. The second kappa shape index (κ2) is 6.06. The molecule has 5 nitrogen and oxygen atoms in total. The largest absolute Gasteiger partial charge is 0.465 e. The molecule has 0 bridgehead atoms. The summed E-state index contributed by atoms with van der Waals surface area (Å²) in [6, 6.07) is 11.2. The second-order valence-electron chi connectivity index (χ2n) is 4.46. The van der Waals surface area contributed by atoms with Gasteiger partial charge in [0, 0.05) is 20.3 Å². The molecule has 2 rings (SSSR count). The summed E-state index contributed by atoms with van der Waals surface area (Å²) < 4.78 is 4.70. The highest BCUT2D eigenvalue weighted by Gasteiger charge is 2.08. The number of para-hydroxylation sites is 2. The highest BCUT2D eigenvalue weighted by Crippen LogP contribution is 2.26. The number of anilines is 3. The fourth-order valence-corrected chi connectivity index (χ4v) is 1.85. The van der Waals surface area contributed by atoms with E-state index < -0.39 is 0 Å².